The summed E-state index contributed by atoms with van der Waals surface area (Å²) in [7, 11) is 0. The summed E-state index contributed by atoms with van der Waals surface area (Å²) >= 11 is 3.57. The van der Waals surface area contributed by atoms with Gasteiger partial charge in [-0.1, -0.05) is 15.9 Å². The summed E-state index contributed by atoms with van der Waals surface area (Å²) in [4.78, 5) is 30.5. The van der Waals surface area contributed by atoms with Crippen LogP contribution in [-0.4, -0.2) is 39.9 Å². The monoisotopic (exact) mass is 446 g/mol. The number of anilines is 1. The Kier molecular flexibility index (Phi) is 3.90. The Balaban J connectivity index is 1.67. The molecule has 0 radical (unpaired) electrons. The Morgan fingerprint density at radius 1 is 1.36 bits per heavy atom. The number of fused-ring (bicyclic) bond motifs is 3. The molecule has 2 aromatic heterocycles. The van der Waals surface area contributed by atoms with Gasteiger partial charge in [-0.15, -0.1) is 0 Å². The number of benzene rings is 1. The van der Waals surface area contributed by atoms with Crippen molar-refractivity contribution in [2.75, 3.05) is 18.0 Å². The van der Waals surface area contributed by atoms with Crippen LogP contribution in [0.3, 0.4) is 0 Å². The summed E-state index contributed by atoms with van der Waals surface area (Å²) in [5.41, 5.74) is 2.61. The molecule has 0 spiro atoms. The van der Waals surface area contributed by atoms with Crippen LogP contribution < -0.4 is 15.8 Å². The number of rotatable bonds is 3. The number of amides is 1. The molecular formula is C19H19BrN4O4. The van der Waals surface area contributed by atoms with Crippen LogP contribution in [0.15, 0.2) is 25.8 Å². The molecule has 28 heavy (non-hydrogen) atoms. The highest BCUT2D eigenvalue weighted by Crippen LogP contribution is 2.40. The fraction of sp³-hybridized carbons (Fsp3) is 0.421. The Bertz CT molecular complexity index is 1180. The van der Waals surface area contributed by atoms with Crippen LogP contribution in [0.25, 0.3) is 22.0 Å². The van der Waals surface area contributed by atoms with Gasteiger partial charge in [-0.3, -0.25) is 4.79 Å². The van der Waals surface area contributed by atoms with Crippen molar-refractivity contribution in [1.29, 1.82) is 0 Å². The second kappa shape index (κ2) is 6.23. The molecule has 5 rings (SSSR count). The molecule has 1 saturated carbocycles. The summed E-state index contributed by atoms with van der Waals surface area (Å²) in [6.45, 7) is 3.09. The van der Waals surface area contributed by atoms with Gasteiger partial charge >= 0.3 is 6.09 Å². The maximum atomic E-state index is 13.2. The molecule has 3 aromatic rings. The lowest BCUT2D eigenvalue weighted by molar-refractivity contribution is 0.191. The molecule has 3 heterocycles. The van der Waals surface area contributed by atoms with Crippen molar-refractivity contribution in [1.82, 2.24) is 14.9 Å². The molecule has 1 atom stereocenters. The van der Waals surface area contributed by atoms with Crippen LogP contribution in [0, 0.1) is 6.92 Å². The molecule has 1 aliphatic heterocycles. The van der Waals surface area contributed by atoms with Gasteiger partial charge < -0.3 is 24.3 Å². The number of carbonyl (C=O) groups is 1. The van der Waals surface area contributed by atoms with E-state index in [1.54, 1.807) is 0 Å². The molecule has 2 N–H and O–H groups in total. The van der Waals surface area contributed by atoms with Gasteiger partial charge in [0.25, 0.3) is 11.6 Å². The highest BCUT2D eigenvalue weighted by atomic mass is 79.9. The number of carboxylic acid groups (broad SMARTS) is 1. The smallest absolute Gasteiger partial charge is 0.404 e. The normalized spacial score (nSPS) is 19.6. The molecule has 2 fully saturated rings. The molecule has 1 aromatic carbocycles. The zero-order valence-corrected chi connectivity index (χ0v) is 16.8. The number of halogens is 1. The number of oxazole rings is 1. The molecule has 146 valence electrons. The standard InChI is InChI=1S/C19H19BrN4O4/c1-9-13(20)5-4-12-15(9)24(11-2-3-11)17(25)14-16(12)28-18(22-14)23-7-6-10(8-23)21-19(26)27/h4-5,10-11,21H,2-3,6-8H2,1H3,(H,26,27)/t10-/m1/s1. The minimum absolute atomic E-state index is 0.124. The largest absolute Gasteiger partial charge is 0.465 e. The first kappa shape index (κ1) is 17.5. The summed E-state index contributed by atoms with van der Waals surface area (Å²) in [6.07, 6.45) is 1.62. The van der Waals surface area contributed by atoms with Gasteiger partial charge in [-0.2, -0.15) is 4.98 Å². The van der Waals surface area contributed by atoms with Gasteiger partial charge in [0.15, 0.2) is 11.1 Å². The SMILES string of the molecule is Cc1c(Br)ccc2c3oc(N4CC[C@@H](NC(=O)O)C4)nc3c(=O)n(C3CC3)c12. The second-order valence-electron chi connectivity index (χ2n) is 7.53. The molecule has 8 nitrogen and oxygen atoms in total. The van der Waals surface area contributed by atoms with Gasteiger partial charge in [0.1, 0.15) is 0 Å². The first-order chi connectivity index (χ1) is 13.4. The Morgan fingerprint density at radius 3 is 2.86 bits per heavy atom. The molecule has 1 amide bonds. The van der Waals surface area contributed by atoms with Crippen molar-refractivity contribution in [3.8, 4) is 0 Å². The maximum Gasteiger partial charge on any atom is 0.404 e. The molecule has 0 unspecified atom stereocenters. The lowest BCUT2D eigenvalue weighted by atomic mass is 10.1. The zero-order valence-electron chi connectivity index (χ0n) is 15.2. The zero-order chi connectivity index (χ0) is 19.6. The van der Waals surface area contributed by atoms with Crippen LogP contribution >= 0.6 is 15.9 Å². The molecule has 2 aliphatic rings. The third-order valence-corrected chi connectivity index (χ3v) is 6.45. The highest BCUT2D eigenvalue weighted by molar-refractivity contribution is 9.10. The average molecular weight is 447 g/mol. The Hall–Kier alpha value is -2.55. The van der Waals surface area contributed by atoms with Gasteiger partial charge in [-0.05, 0) is 43.9 Å². The molecule has 9 heteroatoms. The number of aromatic nitrogens is 2. The third-order valence-electron chi connectivity index (χ3n) is 5.59. The summed E-state index contributed by atoms with van der Waals surface area (Å²) < 4.78 is 8.88. The van der Waals surface area contributed by atoms with E-state index in [4.69, 9.17) is 9.52 Å². The number of nitrogens with one attached hydrogen (secondary N) is 1. The molecular weight excluding hydrogens is 428 g/mol. The second-order valence-corrected chi connectivity index (χ2v) is 8.38. The van der Waals surface area contributed by atoms with Crippen molar-refractivity contribution < 1.29 is 14.3 Å². The number of aryl methyl sites for hydroxylation is 1. The van der Waals surface area contributed by atoms with Gasteiger partial charge in [0.05, 0.1) is 11.6 Å². The molecule has 0 bridgehead atoms. The van der Waals surface area contributed by atoms with E-state index in [1.165, 1.54) is 0 Å². The summed E-state index contributed by atoms with van der Waals surface area (Å²) in [5, 5.41) is 12.3. The Labute approximate surface area is 168 Å². The van der Waals surface area contributed by atoms with Crippen LogP contribution in [0.4, 0.5) is 10.8 Å². The summed E-state index contributed by atoms with van der Waals surface area (Å²) in [6, 6.07) is 4.33. The van der Waals surface area contributed by atoms with E-state index in [1.807, 2.05) is 28.5 Å². The quantitative estimate of drug-likeness (QED) is 0.639. The van der Waals surface area contributed by atoms with Crippen molar-refractivity contribution in [3.05, 3.63) is 32.5 Å². The van der Waals surface area contributed by atoms with E-state index < -0.39 is 6.09 Å². The van der Waals surface area contributed by atoms with E-state index in [-0.39, 0.29) is 17.6 Å². The number of hydrogen-bond acceptors (Lipinski definition) is 5. The van der Waals surface area contributed by atoms with Crippen molar-refractivity contribution in [3.63, 3.8) is 0 Å². The first-order valence-corrected chi connectivity index (χ1v) is 10.1. The van der Waals surface area contributed by atoms with Crippen LogP contribution in [0.5, 0.6) is 0 Å². The first-order valence-electron chi connectivity index (χ1n) is 9.32. The third kappa shape index (κ3) is 2.68. The van der Waals surface area contributed by atoms with Crippen LogP contribution in [-0.2, 0) is 0 Å². The van der Waals surface area contributed by atoms with E-state index in [0.29, 0.717) is 36.6 Å². The van der Waals surface area contributed by atoms with Gasteiger partial charge in [0, 0.05) is 29.0 Å². The lowest BCUT2D eigenvalue weighted by Gasteiger charge is -2.13. The molecule has 1 aliphatic carbocycles. The van der Waals surface area contributed by atoms with E-state index in [9.17, 15) is 9.59 Å². The lowest BCUT2D eigenvalue weighted by Crippen LogP contribution is -2.36. The van der Waals surface area contributed by atoms with Gasteiger partial charge in [0.2, 0.25) is 0 Å². The fourth-order valence-electron chi connectivity index (χ4n) is 4.06. The molecule has 1 saturated heterocycles. The van der Waals surface area contributed by atoms with E-state index >= 15 is 0 Å². The average Bonchev–Trinajstić information content (AvgIpc) is 3.20. The van der Waals surface area contributed by atoms with Crippen molar-refractivity contribution in [2.45, 2.75) is 38.3 Å². The topological polar surface area (TPSA) is 101 Å². The van der Waals surface area contributed by atoms with E-state index in [2.05, 4.69) is 26.2 Å². The highest BCUT2D eigenvalue weighted by Gasteiger charge is 2.32. The number of nitrogens with zero attached hydrogens (tertiary/aromatic N) is 3. The predicted octanol–water partition coefficient (Wildman–Crippen LogP) is 3.39. The van der Waals surface area contributed by atoms with E-state index in [0.717, 1.165) is 33.8 Å². The van der Waals surface area contributed by atoms with Crippen molar-refractivity contribution in [2.24, 2.45) is 0 Å². The Morgan fingerprint density at radius 2 is 2.14 bits per heavy atom. The van der Waals surface area contributed by atoms with Crippen LogP contribution in [0.1, 0.15) is 30.9 Å². The fourth-order valence-corrected chi connectivity index (χ4v) is 4.38. The van der Waals surface area contributed by atoms with Gasteiger partial charge in [-0.25, -0.2) is 4.79 Å². The predicted molar refractivity (Wildman–Crippen MR) is 108 cm³/mol. The minimum Gasteiger partial charge on any atom is -0.465 e. The van der Waals surface area contributed by atoms with Crippen LogP contribution in [0.2, 0.25) is 0 Å². The number of pyridine rings is 1. The summed E-state index contributed by atoms with van der Waals surface area (Å²) in [5.74, 6) is 0. The maximum absolute atomic E-state index is 13.2. The number of hydrogen-bond donors (Lipinski definition) is 2. The minimum atomic E-state index is -1.04. The van der Waals surface area contributed by atoms with Crippen molar-refractivity contribution >= 4 is 50.0 Å².